The largest absolute Gasteiger partial charge is 0.497 e. The number of Topliss-reactive ketones (excluding diaryl/α,β-unsaturated/α-hetero) is 1. The topological polar surface area (TPSA) is 32.8 Å². The van der Waals surface area contributed by atoms with Crippen LogP contribution in [0.3, 0.4) is 0 Å². The Hall–Kier alpha value is -2.40. The summed E-state index contributed by atoms with van der Waals surface area (Å²) in [7, 11) is 1.68. The fraction of sp³-hybridized carbons (Fsp3) is 0.381. The van der Waals surface area contributed by atoms with Gasteiger partial charge in [-0.1, -0.05) is 12.1 Å². The molecule has 2 aromatic rings. The Morgan fingerprint density at radius 2 is 1.85 bits per heavy atom. The zero-order valence-electron chi connectivity index (χ0n) is 15.5. The lowest BCUT2D eigenvalue weighted by atomic mass is 10.1. The van der Waals surface area contributed by atoms with E-state index >= 15 is 0 Å². The van der Waals surface area contributed by atoms with Crippen molar-refractivity contribution < 1.29 is 13.9 Å². The number of hydrogen-bond donors (Lipinski definition) is 0. The highest BCUT2D eigenvalue weighted by Gasteiger charge is 2.24. The van der Waals surface area contributed by atoms with Crippen LogP contribution in [0.2, 0.25) is 0 Å². The fourth-order valence-corrected chi connectivity index (χ4v) is 3.44. The van der Waals surface area contributed by atoms with E-state index < -0.39 is 0 Å². The second kappa shape index (κ2) is 7.87. The van der Waals surface area contributed by atoms with E-state index in [9.17, 15) is 9.18 Å². The van der Waals surface area contributed by atoms with Crippen molar-refractivity contribution >= 4 is 11.5 Å². The van der Waals surface area contributed by atoms with Crippen molar-refractivity contribution in [3.8, 4) is 5.75 Å². The highest BCUT2D eigenvalue weighted by Crippen LogP contribution is 2.27. The van der Waals surface area contributed by atoms with Crippen molar-refractivity contribution in [3.63, 3.8) is 0 Å². The molecule has 1 saturated heterocycles. The maximum Gasteiger partial charge on any atom is 0.159 e. The van der Waals surface area contributed by atoms with E-state index in [1.54, 1.807) is 19.2 Å². The lowest BCUT2D eigenvalue weighted by molar-refractivity contribution is 0.101. The number of methoxy groups -OCH3 is 1. The number of nitrogens with zero attached hydrogens (tertiary/aromatic N) is 2. The molecule has 0 unspecified atom stereocenters. The lowest BCUT2D eigenvalue weighted by Crippen LogP contribution is -2.47. The molecule has 4 nitrogen and oxygen atoms in total. The number of ether oxygens (including phenoxy) is 1. The fourth-order valence-electron chi connectivity index (χ4n) is 3.44. The first-order valence-corrected chi connectivity index (χ1v) is 8.93. The summed E-state index contributed by atoms with van der Waals surface area (Å²) in [6, 6.07) is 13.2. The second-order valence-corrected chi connectivity index (χ2v) is 6.70. The van der Waals surface area contributed by atoms with Crippen LogP contribution in [0, 0.1) is 5.82 Å². The van der Waals surface area contributed by atoms with Crippen LogP contribution in [-0.2, 0) is 0 Å². The van der Waals surface area contributed by atoms with Gasteiger partial charge in [-0.2, -0.15) is 0 Å². The summed E-state index contributed by atoms with van der Waals surface area (Å²) < 4.78 is 19.7. The lowest BCUT2D eigenvalue weighted by Gasteiger charge is -2.39. The van der Waals surface area contributed by atoms with Gasteiger partial charge in [-0.25, -0.2) is 4.39 Å². The van der Waals surface area contributed by atoms with Crippen molar-refractivity contribution in [2.75, 3.05) is 38.2 Å². The van der Waals surface area contributed by atoms with E-state index in [1.165, 1.54) is 18.6 Å². The third-order valence-electron chi connectivity index (χ3n) is 5.13. The van der Waals surface area contributed by atoms with E-state index in [0.29, 0.717) is 11.3 Å². The number of anilines is 1. The quantitative estimate of drug-likeness (QED) is 0.760. The molecule has 0 N–H and O–H groups in total. The smallest absolute Gasteiger partial charge is 0.159 e. The molecular formula is C21H25FN2O2. The summed E-state index contributed by atoms with van der Waals surface area (Å²) in [5, 5.41) is 0. The molecule has 1 aliphatic heterocycles. The van der Waals surface area contributed by atoms with E-state index in [1.807, 2.05) is 17.0 Å². The molecular weight excluding hydrogens is 331 g/mol. The molecule has 0 saturated carbocycles. The van der Waals surface area contributed by atoms with Crippen LogP contribution < -0.4 is 9.64 Å². The molecule has 0 amide bonds. The Balaban J connectivity index is 1.66. The minimum Gasteiger partial charge on any atom is -0.497 e. The molecule has 0 radical (unpaired) electrons. The first-order chi connectivity index (χ1) is 12.5. The normalized spacial score (nSPS) is 16.4. The van der Waals surface area contributed by atoms with Crippen LogP contribution in [0.1, 0.15) is 35.8 Å². The standard InChI is InChI=1S/C21H25FN2O2/c1-15(17-5-4-6-19(13-17)26-3)23-9-11-24(12-10-23)21-8-7-18(16(2)25)14-20(21)22/h4-8,13-15H,9-12H2,1-3H3/t15-/m0/s1. The number of rotatable bonds is 5. The van der Waals surface area contributed by atoms with Crippen LogP contribution in [-0.4, -0.2) is 44.0 Å². The van der Waals surface area contributed by atoms with E-state index in [2.05, 4.69) is 24.0 Å². The highest BCUT2D eigenvalue weighted by molar-refractivity contribution is 5.94. The van der Waals surface area contributed by atoms with Crippen molar-refractivity contribution in [2.24, 2.45) is 0 Å². The number of halogens is 1. The van der Waals surface area contributed by atoms with E-state index in [-0.39, 0.29) is 17.6 Å². The first-order valence-electron chi connectivity index (χ1n) is 8.93. The van der Waals surface area contributed by atoms with E-state index in [4.69, 9.17) is 4.74 Å². The van der Waals surface area contributed by atoms with Crippen molar-refractivity contribution in [1.82, 2.24) is 4.90 Å². The Kier molecular flexibility index (Phi) is 5.57. The predicted molar refractivity (Wildman–Crippen MR) is 102 cm³/mol. The maximum atomic E-state index is 14.4. The molecule has 3 rings (SSSR count). The molecule has 0 bridgehead atoms. The van der Waals surface area contributed by atoms with Gasteiger partial charge in [0, 0.05) is 37.8 Å². The summed E-state index contributed by atoms with van der Waals surface area (Å²) in [6.45, 7) is 6.85. The number of ketones is 1. The number of benzene rings is 2. The van der Waals surface area contributed by atoms with Gasteiger partial charge in [0.1, 0.15) is 11.6 Å². The third-order valence-corrected chi connectivity index (χ3v) is 5.13. The Labute approximate surface area is 154 Å². The first kappa shape index (κ1) is 18.4. The van der Waals surface area contributed by atoms with Crippen LogP contribution in [0.15, 0.2) is 42.5 Å². The zero-order valence-corrected chi connectivity index (χ0v) is 15.5. The molecule has 1 fully saturated rings. The summed E-state index contributed by atoms with van der Waals surface area (Å²) in [5.74, 6) is 0.417. The zero-order chi connectivity index (χ0) is 18.7. The number of carbonyl (C=O) groups is 1. The minimum atomic E-state index is -0.327. The minimum absolute atomic E-state index is 0.118. The van der Waals surface area contributed by atoms with Crippen LogP contribution in [0.25, 0.3) is 0 Å². The number of hydrogen-bond acceptors (Lipinski definition) is 4. The molecule has 2 aromatic carbocycles. The van der Waals surface area contributed by atoms with Crippen LogP contribution >= 0.6 is 0 Å². The molecule has 5 heteroatoms. The third kappa shape index (κ3) is 3.88. The van der Waals surface area contributed by atoms with Gasteiger partial charge in [-0.15, -0.1) is 0 Å². The molecule has 0 spiro atoms. The molecule has 0 aromatic heterocycles. The van der Waals surface area contributed by atoms with Gasteiger partial charge < -0.3 is 9.64 Å². The van der Waals surface area contributed by atoms with E-state index in [0.717, 1.165) is 31.9 Å². The summed E-state index contributed by atoms with van der Waals surface area (Å²) >= 11 is 0. The van der Waals surface area contributed by atoms with Crippen molar-refractivity contribution in [3.05, 3.63) is 59.4 Å². The SMILES string of the molecule is COc1cccc([C@H](C)N2CCN(c3ccc(C(C)=O)cc3F)CC2)c1. The molecule has 138 valence electrons. The molecule has 1 atom stereocenters. The van der Waals surface area contributed by atoms with Gasteiger partial charge >= 0.3 is 0 Å². The molecule has 0 aliphatic carbocycles. The molecule has 1 heterocycles. The molecule has 26 heavy (non-hydrogen) atoms. The Bertz CT molecular complexity index is 785. The summed E-state index contributed by atoms with van der Waals surface area (Å²) in [5.41, 5.74) is 2.20. The van der Waals surface area contributed by atoms with Gasteiger partial charge in [0.15, 0.2) is 5.78 Å². The molecule has 1 aliphatic rings. The Morgan fingerprint density at radius 1 is 1.12 bits per heavy atom. The summed E-state index contributed by atoms with van der Waals surface area (Å²) in [4.78, 5) is 15.8. The van der Waals surface area contributed by atoms with Gasteiger partial charge in [0.25, 0.3) is 0 Å². The summed E-state index contributed by atoms with van der Waals surface area (Å²) in [6.07, 6.45) is 0. The van der Waals surface area contributed by atoms with Gasteiger partial charge in [-0.3, -0.25) is 9.69 Å². The van der Waals surface area contributed by atoms with Gasteiger partial charge in [0.2, 0.25) is 0 Å². The van der Waals surface area contributed by atoms with Crippen molar-refractivity contribution in [1.29, 1.82) is 0 Å². The number of carbonyl (C=O) groups excluding carboxylic acids is 1. The van der Waals surface area contributed by atoms with Gasteiger partial charge in [0.05, 0.1) is 12.8 Å². The van der Waals surface area contributed by atoms with Crippen LogP contribution in [0.4, 0.5) is 10.1 Å². The average Bonchev–Trinajstić information content (AvgIpc) is 2.67. The monoisotopic (exact) mass is 356 g/mol. The second-order valence-electron chi connectivity index (χ2n) is 6.70. The van der Waals surface area contributed by atoms with Crippen LogP contribution in [0.5, 0.6) is 5.75 Å². The predicted octanol–water partition coefficient (Wildman–Crippen LogP) is 3.92. The Morgan fingerprint density at radius 3 is 2.46 bits per heavy atom. The average molecular weight is 356 g/mol. The van der Waals surface area contributed by atoms with Crippen molar-refractivity contribution in [2.45, 2.75) is 19.9 Å². The van der Waals surface area contributed by atoms with Gasteiger partial charge in [-0.05, 0) is 49.7 Å². The number of piperazine rings is 1. The highest BCUT2D eigenvalue weighted by atomic mass is 19.1. The maximum absolute atomic E-state index is 14.4.